The Morgan fingerprint density at radius 1 is 1.43 bits per heavy atom. The zero-order valence-corrected chi connectivity index (χ0v) is 10.1. The lowest BCUT2D eigenvalue weighted by Gasteiger charge is -2.24. The molecule has 0 N–H and O–H groups in total. The topological polar surface area (TPSA) is 15.6 Å². The van der Waals surface area contributed by atoms with E-state index in [0.717, 1.165) is 6.54 Å². The summed E-state index contributed by atoms with van der Waals surface area (Å²) < 4.78 is 0. The molecule has 0 radical (unpaired) electrons. The summed E-state index contributed by atoms with van der Waals surface area (Å²) in [6.45, 7) is 10.9. The first kappa shape index (κ1) is 11.4. The third-order valence-electron chi connectivity index (χ3n) is 2.93. The number of rotatable bonds is 2. The number of likely N-dealkylation sites (N-methyl/N-ethyl adjacent to an activating group) is 1. The molecule has 0 saturated heterocycles. The third-order valence-corrected chi connectivity index (χ3v) is 2.93. The van der Waals surface area contributed by atoms with Gasteiger partial charge in [-0.05, 0) is 38.8 Å². The van der Waals surface area contributed by atoms with Gasteiger partial charge in [-0.25, -0.2) is 0 Å². The maximum atomic E-state index is 4.72. The van der Waals surface area contributed by atoms with Crippen LogP contribution >= 0.6 is 0 Å². The van der Waals surface area contributed by atoms with Crippen LogP contribution in [0.2, 0.25) is 0 Å². The monoisotopic (exact) mass is 194 g/mol. The Kier molecular flexibility index (Phi) is 3.87. The van der Waals surface area contributed by atoms with Gasteiger partial charge in [0.2, 0.25) is 0 Å². The molecule has 0 saturated carbocycles. The third kappa shape index (κ3) is 2.95. The van der Waals surface area contributed by atoms with E-state index < -0.39 is 0 Å². The molecule has 0 fully saturated rings. The molecule has 0 bridgehead atoms. The first-order chi connectivity index (χ1) is 6.50. The second-order valence-electron chi connectivity index (χ2n) is 4.62. The van der Waals surface area contributed by atoms with Gasteiger partial charge in [0.1, 0.15) is 0 Å². The average Bonchev–Trinajstić information content (AvgIpc) is 2.11. The fraction of sp³-hybridized carbons (Fsp3) is 0.750. The first-order valence-electron chi connectivity index (χ1n) is 5.43. The number of hydrogen-bond donors (Lipinski definition) is 0. The Balaban J connectivity index is 2.80. The summed E-state index contributed by atoms with van der Waals surface area (Å²) >= 11 is 0. The van der Waals surface area contributed by atoms with Crippen LogP contribution in [0.3, 0.4) is 0 Å². The van der Waals surface area contributed by atoms with Gasteiger partial charge in [0, 0.05) is 18.8 Å². The van der Waals surface area contributed by atoms with Crippen molar-refractivity contribution >= 4 is 5.71 Å². The van der Waals surface area contributed by atoms with Crippen LogP contribution < -0.4 is 0 Å². The van der Waals surface area contributed by atoms with Crippen molar-refractivity contribution < 1.29 is 0 Å². The molecule has 0 aromatic heterocycles. The smallest absolute Gasteiger partial charge is 0.0532 e. The molecule has 0 amide bonds. The lowest BCUT2D eigenvalue weighted by molar-refractivity contribution is 0.346. The van der Waals surface area contributed by atoms with Gasteiger partial charge in [-0.15, -0.1) is 0 Å². The second-order valence-corrected chi connectivity index (χ2v) is 4.62. The highest BCUT2D eigenvalue weighted by Gasteiger charge is 2.13. The molecule has 1 aliphatic heterocycles. The standard InChI is InChI=1S/C12H22N2/c1-9(2)11(4)13-12-8-14(5)7-6-10(12)3/h9H,6-8H2,1-5H3/b13-11+. The van der Waals surface area contributed by atoms with Gasteiger partial charge in [0.25, 0.3) is 0 Å². The van der Waals surface area contributed by atoms with Gasteiger partial charge in [-0.2, -0.15) is 0 Å². The lowest BCUT2D eigenvalue weighted by atomic mass is 10.1. The summed E-state index contributed by atoms with van der Waals surface area (Å²) in [6, 6.07) is 0. The van der Waals surface area contributed by atoms with Crippen LogP contribution in [0.1, 0.15) is 34.1 Å². The molecule has 14 heavy (non-hydrogen) atoms. The normalized spacial score (nSPS) is 20.9. The minimum atomic E-state index is 0.558. The zero-order chi connectivity index (χ0) is 10.7. The summed E-state index contributed by atoms with van der Waals surface area (Å²) in [5.41, 5.74) is 3.99. The minimum Gasteiger partial charge on any atom is -0.300 e. The fourth-order valence-corrected chi connectivity index (χ4v) is 1.45. The summed E-state index contributed by atoms with van der Waals surface area (Å²) in [5.74, 6) is 0.558. The summed E-state index contributed by atoms with van der Waals surface area (Å²) in [6.07, 6.45) is 1.17. The summed E-state index contributed by atoms with van der Waals surface area (Å²) in [4.78, 5) is 7.05. The molecule has 2 heteroatoms. The van der Waals surface area contributed by atoms with E-state index in [1.165, 1.54) is 29.9 Å². The molecule has 0 spiro atoms. The van der Waals surface area contributed by atoms with E-state index in [2.05, 4.69) is 39.6 Å². The number of aliphatic imine (C=N–C) groups is 1. The molecule has 1 rings (SSSR count). The van der Waals surface area contributed by atoms with Crippen molar-refractivity contribution in [3.05, 3.63) is 11.3 Å². The van der Waals surface area contributed by atoms with Gasteiger partial charge in [-0.3, -0.25) is 4.99 Å². The highest BCUT2D eigenvalue weighted by Crippen LogP contribution is 2.18. The van der Waals surface area contributed by atoms with Crippen molar-refractivity contribution in [1.29, 1.82) is 0 Å². The molecular formula is C12H22N2. The predicted molar refractivity (Wildman–Crippen MR) is 62.8 cm³/mol. The second kappa shape index (κ2) is 4.74. The maximum Gasteiger partial charge on any atom is 0.0532 e. The average molecular weight is 194 g/mol. The van der Waals surface area contributed by atoms with Crippen molar-refractivity contribution in [3.63, 3.8) is 0 Å². The first-order valence-corrected chi connectivity index (χ1v) is 5.43. The molecule has 0 unspecified atom stereocenters. The fourth-order valence-electron chi connectivity index (χ4n) is 1.45. The molecule has 0 aromatic rings. The van der Waals surface area contributed by atoms with E-state index >= 15 is 0 Å². The van der Waals surface area contributed by atoms with Crippen LogP contribution in [0.5, 0.6) is 0 Å². The van der Waals surface area contributed by atoms with Crippen molar-refractivity contribution in [2.24, 2.45) is 10.9 Å². The quantitative estimate of drug-likeness (QED) is 0.617. The molecule has 0 aromatic carbocycles. The van der Waals surface area contributed by atoms with Crippen LogP contribution in [-0.4, -0.2) is 30.7 Å². The van der Waals surface area contributed by atoms with E-state index in [0.29, 0.717) is 5.92 Å². The van der Waals surface area contributed by atoms with E-state index in [9.17, 15) is 0 Å². The van der Waals surface area contributed by atoms with Gasteiger partial charge in [0.05, 0.1) is 5.70 Å². The Morgan fingerprint density at radius 3 is 2.64 bits per heavy atom. The lowest BCUT2D eigenvalue weighted by Crippen LogP contribution is -2.27. The number of hydrogen-bond acceptors (Lipinski definition) is 2. The van der Waals surface area contributed by atoms with Crippen LogP contribution in [0.25, 0.3) is 0 Å². The highest BCUT2D eigenvalue weighted by molar-refractivity contribution is 5.84. The Bertz CT molecular complexity index is 261. The van der Waals surface area contributed by atoms with Crippen molar-refractivity contribution in [2.45, 2.75) is 34.1 Å². The molecule has 2 nitrogen and oxygen atoms in total. The van der Waals surface area contributed by atoms with Crippen LogP contribution in [0.4, 0.5) is 0 Å². The molecule has 0 aliphatic carbocycles. The molecule has 80 valence electrons. The van der Waals surface area contributed by atoms with E-state index in [4.69, 9.17) is 4.99 Å². The molecule has 0 atom stereocenters. The molecule has 1 aliphatic rings. The number of nitrogens with zero attached hydrogens (tertiary/aromatic N) is 2. The zero-order valence-electron chi connectivity index (χ0n) is 10.1. The van der Waals surface area contributed by atoms with Crippen LogP contribution in [0, 0.1) is 5.92 Å². The van der Waals surface area contributed by atoms with Gasteiger partial charge >= 0.3 is 0 Å². The van der Waals surface area contributed by atoms with E-state index in [1.54, 1.807) is 0 Å². The van der Waals surface area contributed by atoms with Crippen LogP contribution in [-0.2, 0) is 0 Å². The maximum absolute atomic E-state index is 4.72. The molecular weight excluding hydrogens is 172 g/mol. The Morgan fingerprint density at radius 2 is 2.07 bits per heavy atom. The van der Waals surface area contributed by atoms with Crippen LogP contribution in [0.15, 0.2) is 16.3 Å². The van der Waals surface area contributed by atoms with Gasteiger partial charge in [-0.1, -0.05) is 13.8 Å². The van der Waals surface area contributed by atoms with Crippen molar-refractivity contribution in [1.82, 2.24) is 4.90 Å². The van der Waals surface area contributed by atoms with Gasteiger partial charge in [0.15, 0.2) is 0 Å². The summed E-state index contributed by atoms with van der Waals surface area (Å²) in [7, 11) is 2.16. The van der Waals surface area contributed by atoms with Crippen molar-refractivity contribution in [3.8, 4) is 0 Å². The van der Waals surface area contributed by atoms with Crippen molar-refractivity contribution in [2.75, 3.05) is 20.1 Å². The van der Waals surface area contributed by atoms with E-state index in [-0.39, 0.29) is 0 Å². The van der Waals surface area contributed by atoms with Gasteiger partial charge < -0.3 is 4.90 Å². The Hall–Kier alpha value is -0.630. The minimum absolute atomic E-state index is 0.558. The largest absolute Gasteiger partial charge is 0.300 e. The predicted octanol–water partition coefficient (Wildman–Crippen LogP) is 2.71. The summed E-state index contributed by atoms with van der Waals surface area (Å²) in [5, 5.41) is 0. The SMILES string of the molecule is CC1=C(/N=C(\C)C(C)C)CN(C)CC1. The highest BCUT2D eigenvalue weighted by atomic mass is 15.1. The molecule has 1 heterocycles. The van der Waals surface area contributed by atoms with E-state index in [1.807, 2.05) is 0 Å². The Labute approximate surface area is 87.7 Å².